The van der Waals surface area contributed by atoms with E-state index in [1.54, 1.807) is 0 Å². The molecule has 0 aromatic heterocycles. The van der Waals surface area contributed by atoms with Gasteiger partial charge in [0.25, 0.3) is 0 Å². The van der Waals surface area contributed by atoms with Crippen molar-refractivity contribution in [3.8, 4) is 0 Å². The van der Waals surface area contributed by atoms with Gasteiger partial charge in [-0.05, 0) is 0 Å². The summed E-state index contributed by atoms with van der Waals surface area (Å²) in [4.78, 5) is 0. The van der Waals surface area contributed by atoms with Crippen molar-refractivity contribution in [1.82, 2.24) is 0 Å². The normalized spacial score (nSPS) is 7.62. The van der Waals surface area contributed by atoms with E-state index in [1.165, 1.54) is 0 Å². The molecule has 202 valence electrons. The van der Waals surface area contributed by atoms with Crippen molar-refractivity contribution in [2.45, 2.75) is 0 Å². The zero-order valence-corrected chi connectivity index (χ0v) is 21.5. The molecule has 0 atom stereocenters. The van der Waals surface area contributed by atoms with Gasteiger partial charge in [0.1, 0.15) is 0 Å². The minimum atomic E-state index is -5.52. The molecular weight excluding hydrogens is 884 g/mol. The predicted octanol–water partition coefficient (Wildman–Crippen LogP) is -5.65. The molecule has 0 saturated heterocycles. The standard InChI is InChI=1S/2ClHO.Co.2Cu.Mn.Mo.4Na.3H2O4S.2H2O.2O.4H/c2*1-2;;;;;;;;;;3*1-5(2,3)4;;;;;;;;/h2*2H;;;;;;;;;;3*(H2,1,2,3,4);2*1H2;;;;;;/q;;;;;;+2;;;;;;;;;;;;;;;/p-2. The summed E-state index contributed by atoms with van der Waals surface area (Å²) in [5.41, 5.74) is 0. The summed E-state index contributed by atoms with van der Waals surface area (Å²) in [6.07, 6.45) is 0. The third kappa shape index (κ3) is 1120. The Balaban J connectivity index is -0.00000000989. The zero-order chi connectivity index (χ0) is 22.0. The van der Waals surface area contributed by atoms with E-state index in [-0.39, 0.29) is 186 Å². The Hall–Kier alpha value is 6.38. The van der Waals surface area contributed by atoms with Crippen LogP contribution in [-0.2, 0) is 123 Å². The molecule has 32 heteroatoms. The van der Waals surface area contributed by atoms with Crippen molar-refractivity contribution >= 4 is 173 Å². The van der Waals surface area contributed by atoms with Crippen LogP contribution in [0.5, 0.6) is 0 Å². The molecule has 0 aliphatic heterocycles. The summed E-state index contributed by atoms with van der Waals surface area (Å²) in [6, 6.07) is 0. The molecule has 0 spiro atoms. The van der Waals surface area contributed by atoms with Crippen LogP contribution < -0.4 is 0 Å². The van der Waals surface area contributed by atoms with Crippen molar-refractivity contribution in [3.63, 3.8) is 0 Å². The van der Waals surface area contributed by atoms with Crippen LogP contribution in [-0.4, -0.2) is 188 Å². The van der Waals surface area contributed by atoms with Crippen LogP contribution in [0.4, 0.5) is 0 Å². The molecule has 0 rings (SSSR count). The van der Waals surface area contributed by atoms with Crippen molar-refractivity contribution in [2.75, 3.05) is 0 Å². The van der Waals surface area contributed by atoms with E-state index >= 15 is 0 Å². The molecule has 0 aromatic carbocycles. The molecular formula is H14Cl2CoCu2MnMoNa4O18S3. The molecule has 0 aromatic rings. The summed E-state index contributed by atoms with van der Waals surface area (Å²) in [5, 5.41) is 0. The number of hydrogen-bond acceptors (Lipinski definition) is 10. The van der Waals surface area contributed by atoms with E-state index < -0.39 is 47.9 Å². The van der Waals surface area contributed by atoms with E-state index in [9.17, 15) is 0 Å². The van der Waals surface area contributed by atoms with Crippen LogP contribution in [0, 0.1) is 0 Å². The third-order valence-electron chi connectivity index (χ3n) is 0. The predicted molar refractivity (Wildman–Crippen MR) is 93.1 cm³/mol. The molecule has 0 fully saturated rings. The summed E-state index contributed by atoms with van der Waals surface area (Å²) < 4.78 is 140. The molecule has 18 nitrogen and oxygen atoms in total. The summed E-state index contributed by atoms with van der Waals surface area (Å²) in [7, 11) is -14.0. The summed E-state index contributed by atoms with van der Waals surface area (Å²) in [6.45, 7) is 0. The van der Waals surface area contributed by atoms with E-state index in [2.05, 4.69) is 23.7 Å². The maximum atomic E-state index is 8.85. The monoisotopic (exact) mass is 897 g/mol. The van der Waals surface area contributed by atoms with Crippen LogP contribution in [0.15, 0.2) is 0 Å². The summed E-state index contributed by atoms with van der Waals surface area (Å²) >= 11 is 1.76. The van der Waals surface area contributed by atoms with Gasteiger partial charge < -0.3 is 0 Å². The molecule has 4 radical (unpaired) electrons. The van der Waals surface area contributed by atoms with E-state index in [1.807, 2.05) is 0 Å². The Labute approximate surface area is 327 Å². The van der Waals surface area contributed by atoms with Crippen molar-refractivity contribution in [1.29, 1.82) is 0 Å². The van der Waals surface area contributed by atoms with Crippen LogP contribution in [0.25, 0.3) is 0 Å². The second-order valence-electron chi connectivity index (χ2n) is 1.79. The van der Waals surface area contributed by atoms with Gasteiger partial charge in [-0.1, -0.05) is 0 Å². The molecule has 0 saturated carbocycles. The topological polar surface area (TPSA) is 339 Å². The average molecular weight is 898 g/mol. The summed E-state index contributed by atoms with van der Waals surface area (Å²) in [5.74, 6) is 0. The Morgan fingerprint density at radius 1 is 0.500 bits per heavy atom. The zero-order valence-electron chi connectivity index (χ0n) is 11.4. The first-order chi connectivity index (χ1) is 10.0. The van der Waals surface area contributed by atoms with E-state index in [4.69, 9.17) is 76.2 Å². The van der Waals surface area contributed by atoms with Gasteiger partial charge in [0, 0.05) is 68.0 Å². The van der Waals surface area contributed by atoms with Gasteiger partial charge in [-0.15, -0.1) is 0 Å². The Bertz CT molecular complexity index is 521. The van der Waals surface area contributed by atoms with Crippen molar-refractivity contribution in [3.05, 3.63) is 0 Å². The van der Waals surface area contributed by atoms with Crippen LogP contribution in [0.3, 0.4) is 0 Å². The SMILES string of the molecule is O=S(=O)(O)O.O=S(=O)(O)O.O=S(=O)(O)O.OCl.OCl.[Co].[Cu].[Cu].[Mn].[NaH].[NaH].[NaH].[NaH].[O]=[Mo](=[O])([OH])[OH]. The molecule has 32 heavy (non-hydrogen) atoms. The molecule has 0 amide bonds. The molecule has 0 heterocycles. The fraction of sp³-hybridized carbons (Fsp3) is 0. The Kier molecular flexibility index (Phi) is 151. The quantitative estimate of drug-likeness (QED) is 0.0800. The molecule has 10 N–H and O–H groups in total. The fourth-order valence-electron chi connectivity index (χ4n) is 0. The maximum absolute atomic E-state index is 8.85. The second kappa shape index (κ2) is 53.6. The Morgan fingerprint density at radius 2 is 0.500 bits per heavy atom. The molecule has 0 unspecified atom stereocenters. The van der Waals surface area contributed by atoms with Gasteiger partial charge in [0.05, 0.1) is 23.7 Å². The number of halogens is 2. The number of rotatable bonds is 0. The first-order valence-corrected chi connectivity index (χ1v) is 11.4. The van der Waals surface area contributed by atoms with Gasteiger partial charge in [-0.2, -0.15) is 25.3 Å². The van der Waals surface area contributed by atoms with Gasteiger partial charge >= 0.3 is 180 Å². The third-order valence-corrected chi connectivity index (χ3v) is 0. The van der Waals surface area contributed by atoms with E-state index in [0.717, 1.165) is 0 Å². The van der Waals surface area contributed by atoms with Crippen molar-refractivity contribution < 1.29 is 161 Å². The molecule has 0 aliphatic carbocycles. The second-order valence-corrected chi connectivity index (χ2v) is 6.68. The van der Waals surface area contributed by atoms with E-state index in [0.29, 0.717) is 0 Å². The average Bonchev–Trinajstić information content (AvgIpc) is 2.12. The van der Waals surface area contributed by atoms with Crippen LogP contribution in [0.1, 0.15) is 0 Å². The first-order valence-electron chi connectivity index (χ1n) is 3.13. The number of hydrogen-bond donors (Lipinski definition) is 10. The molecule has 0 bridgehead atoms. The van der Waals surface area contributed by atoms with Gasteiger partial charge in [0.15, 0.2) is 0 Å². The van der Waals surface area contributed by atoms with Gasteiger partial charge in [-0.3, -0.25) is 36.6 Å². The van der Waals surface area contributed by atoms with Crippen molar-refractivity contribution in [2.24, 2.45) is 0 Å². The van der Waals surface area contributed by atoms with Gasteiger partial charge in [0.2, 0.25) is 0 Å². The fourth-order valence-corrected chi connectivity index (χ4v) is 0. The Morgan fingerprint density at radius 3 is 0.500 bits per heavy atom. The molecule has 0 aliphatic rings. The minimum absolute atomic E-state index is 0. The van der Waals surface area contributed by atoms with Gasteiger partial charge in [-0.25, -0.2) is 0 Å². The van der Waals surface area contributed by atoms with Crippen LogP contribution in [0.2, 0.25) is 0 Å². The van der Waals surface area contributed by atoms with Crippen LogP contribution >= 0.6 is 23.7 Å². The first kappa shape index (κ1) is 90.2.